The van der Waals surface area contributed by atoms with Crippen molar-refractivity contribution in [3.63, 3.8) is 0 Å². The molecule has 0 bridgehead atoms. The maximum absolute atomic E-state index is 4.96. The van der Waals surface area contributed by atoms with E-state index in [1.807, 2.05) is 24.3 Å². The topological polar surface area (TPSA) is 66.0 Å². The van der Waals surface area contributed by atoms with E-state index in [0.717, 1.165) is 12.1 Å². The minimum absolute atomic E-state index is 0.527. The number of aromatic nitrogens is 3. The fourth-order valence-corrected chi connectivity index (χ4v) is 1.32. The Bertz CT molecular complexity index is 396. The van der Waals surface area contributed by atoms with Crippen LogP contribution < -0.4 is 5.90 Å². The van der Waals surface area contributed by atoms with Gasteiger partial charge in [-0.1, -0.05) is 12.1 Å². The lowest BCUT2D eigenvalue weighted by molar-refractivity contribution is 0.141. The van der Waals surface area contributed by atoms with Crippen molar-refractivity contribution in [3.8, 4) is 5.69 Å². The molecule has 0 amide bonds. The summed E-state index contributed by atoms with van der Waals surface area (Å²) in [5.41, 5.74) is 2.12. The van der Waals surface area contributed by atoms with E-state index in [-0.39, 0.29) is 0 Å². The minimum atomic E-state index is 0.527. The van der Waals surface area contributed by atoms with Crippen LogP contribution in [0.4, 0.5) is 0 Å². The predicted octanol–water partition coefficient (Wildman–Crippen LogP) is 0.700. The second kappa shape index (κ2) is 4.68. The Labute approximate surface area is 87.4 Å². The van der Waals surface area contributed by atoms with Crippen LogP contribution in [-0.4, -0.2) is 21.6 Å². The molecule has 1 heterocycles. The van der Waals surface area contributed by atoms with Crippen LogP contribution in [0.3, 0.4) is 0 Å². The molecule has 0 aliphatic heterocycles. The summed E-state index contributed by atoms with van der Waals surface area (Å²) in [6.45, 7) is 0.527. The summed E-state index contributed by atoms with van der Waals surface area (Å²) in [4.78, 5) is 6.09. The maximum Gasteiger partial charge on any atom is 0.0856 e. The van der Waals surface area contributed by atoms with Crippen LogP contribution in [0.5, 0.6) is 0 Å². The number of nitrogens with two attached hydrogens (primary N) is 1. The molecule has 2 rings (SSSR count). The molecular formula is C10H12N4O. The molecule has 0 saturated carbocycles. The first kappa shape index (κ1) is 9.82. The Morgan fingerprint density at radius 3 is 2.40 bits per heavy atom. The molecule has 15 heavy (non-hydrogen) atoms. The normalized spacial score (nSPS) is 10.5. The number of benzene rings is 1. The standard InChI is InChI=1S/C10H12N4O/c11-15-8-5-9-1-3-10(4-2-9)14-12-6-7-13-14/h1-4,6-7H,5,8,11H2. The molecule has 0 atom stereocenters. The van der Waals surface area contributed by atoms with E-state index < -0.39 is 0 Å². The molecule has 0 aliphatic rings. The Hall–Kier alpha value is -1.72. The van der Waals surface area contributed by atoms with Gasteiger partial charge in [-0.15, -0.1) is 0 Å². The summed E-state index contributed by atoms with van der Waals surface area (Å²) < 4.78 is 0. The van der Waals surface area contributed by atoms with Crippen LogP contribution in [0.15, 0.2) is 36.7 Å². The third kappa shape index (κ3) is 2.39. The van der Waals surface area contributed by atoms with Gasteiger partial charge >= 0.3 is 0 Å². The van der Waals surface area contributed by atoms with E-state index in [2.05, 4.69) is 15.0 Å². The SMILES string of the molecule is NOCCc1ccc(-n2nccn2)cc1. The van der Waals surface area contributed by atoms with Crippen molar-refractivity contribution >= 4 is 0 Å². The van der Waals surface area contributed by atoms with Crippen LogP contribution in [0, 0.1) is 0 Å². The van der Waals surface area contributed by atoms with Crippen molar-refractivity contribution in [3.05, 3.63) is 42.2 Å². The molecule has 5 heteroatoms. The summed E-state index contributed by atoms with van der Waals surface area (Å²) in [7, 11) is 0. The zero-order valence-electron chi connectivity index (χ0n) is 8.21. The molecule has 2 N–H and O–H groups in total. The third-order valence-electron chi connectivity index (χ3n) is 2.09. The molecule has 0 spiro atoms. The van der Waals surface area contributed by atoms with E-state index >= 15 is 0 Å². The van der Waals surface area contributed by atoms with Crippen LogP contribution in [-0.2, 0) is 11.3 Å². The smallest absolute Gasteiger partial charge is 0.0856 e. The highest BCUT2D eigenvalue weighted by molar-refractivity contribution is 5.32. The van der Waals surface area contributed by atoms with E-state index in [0.29, 0.717) is 6.61 Å². The van der Waals surface area contributed by atoms with Crippen LogP contribution in [0.2, 0.25) is 0 Å². The zero-order chi connectivity index (χ0) is 10.5. The molecule has 5 nitrogen and oxygen atoms in total. The molecular weight excluding hydrogens is 192 g/mol. The number of hydrogen-bond acceptors (Lipinski definition) is 4. The Morgan fingerprint density at radius 2 is 1.80 bits per heavy atom. The van der Waals surface area contributed by atoms with Gasteiger partial charge in [0.15, 0.2) is 0 Å². The highest BCUT2D eigenvalue weighted by Gasteiger charge is 1.97. The molecule has 0 radical (unpaired) electrons. The van der Waals surface area contributed by atoms with Crippen molar-refractivity contribution < 1.29 is 4.84 Å². The van der Waals surface area contributed by atoms with Gasteiger partial charge in [-0.3, -0.25) is 0 Å². The molecule has 0 aliphatic carbocycles. The van der Waals surface area contributed by atoms with Gasteiger partial charge in [0.05, 0.1) is 24.7 Å². The Balaban J connectivity index is 2.11. The quantitative estimate of drug-likeness (QED) is 0.744. The average molecular weight is 204 g/mol. The fraction of sp³-hybridized carbons (Fsp3) is 0.200. The first-order chi connectivity index (χ1) is 7.40. The fourth-order valence-electron chi connectivity index (χ4n) is 1.32. The van der Waals surface area contributed by atoms with Crippen molar-refractivity contribution in [1.82, 2.24) is 15.0 Å². The second-order valence-electron chi connectivity index (χ2n) is 3.11. The van der Waals surface area contributed by atoms with Gasteiger partial charge in [0.1, 0.15) is 0 Å². The van der Waals surface area contributed by atoms with Gasteiger partial charge in [0.2, 0.25) is 0 Å². The van der Waals surface area contributed by atoms with Crippen LogP contribution in [0.1, 0.15) is 5.56 Å². The molecule has 1 aromatic heterocycles. The lowest BCUT2D eigenvalue weighted by Gasteiger charge is -2.02. The van der Waals surface area contributed by atoms with Gasteiger partial charge in [-0.05, 0) is 24.1 Å². The second-order valence-corrected chi connectivity index (χ2v) is 3.11. The molecule has 78 valence electrons. The van der Waals surface area contributed by atoms with Gasteiger partial charge < -0.3 is 4.84 Å². The number of hydrogen-bond donors (Lipinski definition) is 1. The lowest BCUT2D eigenvalue weighted by atomic mass is 10.1. The van der Waals surface area contributed by atoms with E-state index in [1.54, 1.807) is 17.2 Å². The van der Waals surface area contributed by atoms with Crippen molar-refractivity contribution in [2.24, 2.45) is 5.90 Å². The monoisotopic (exact) mass is 204 g/mol. The summed E-state index contributed by atoms with van der Waals surface area (Å²) in [5, 5.41) is 8.08. The van der Waals surface area contributed by atoms with E-state index in [1.165, 1.54) is 5.56 Å². The summed E-state index contributed by atoms with van der Waals surface area (Å²) in [6.07, 6.45) is 4.11. The minimum Gasteiger partial charge on any atom is -0.304 e. The average Bonchev–Trinajstić information content (AvgIpc) is 2.80. The summed E-state index contributed by atoms with van der Waals surface area (Å²) in [6, 6.07) is 7.95. The Morgan fingerprint density at radius 1 is 1.13 bits per heavy atom. The van der Waals surface area contributed by atoms with Gasteiger partial charge in [0, 0.05) is 0 Å². The van der Waals surface area contributed by atoms with Crippen LogP contribution in [0.25, 0.3) is 5.69 Å². The molecule has 0 fully saturated rings. The van der Waals surface area contributed by atoms with Gasteiger partial charge in [-0.25, -0.2) is 5.90 Å². The van der Waals surface area contributed by atoms with Crippen LogP contribution >= 0.6 is 0 Å². The highest BCUT2D eigenvalue weighted by atomic mass is 16.6. The first-order valence-electron chi connectivity index (χ1n) is 4.67. The summed E-state index contributed by atoms with van der Waals surface area (Å²) >= 11 is 0. The van der Waals surface area contributed by atoms with Crippen molar-refractivity contribution in [2.75, 3.05) is 6.61 Å². The number of nitrogens with zero attached hydrogens (tertiary/aromatic N) is 3. The largest absolute Gasteiger partial charge is 0.304 e. The van der Waals surface area contributed by atoms with E-state index in [4.69, 9.17) is 5.90 Å². The van der Waals surface area contributed by atoms with Gasteiger partial charge in [0.25, 0.3) is 0 Å². The molecule has 1 aromatic carbocycles. The maximum atomic E-state index is 4.96. The first-order valence-corrected chi connectivity index (χ1v) is 4.67. The van der Waals surface area contributed by atoms with E-state index in [9.17, 15) is 0 Å². The van der Waals surface area contributed by atoms with Crippen molar-refractivity contribution in [1.29, 1.82) is 0 Å². The molecule has 0 saturated heterocycles. The molecule has 2 aromatic rings. The molecule has 0 unspecified atom stereocenters. The van der Waals surface area contributed by atoms with Gasteiger partial charge in [-0.2, -0.15) is 15.0 Å². The predicted molar refractivity (Wildman–Crippen MR) is 55.2 cm³/mol. The third-order valence-corrected chi connectivity index (χ3v) is 2.09. The Kier molecular flexibility index (Phi) is 3.06. The number of rotatable bonds is 4. The van der Waals surface area contributed by atoms with Crippen molar-refractivity contribution in [2.45, 2.75) is 6.42 Å². The lowest BCUT2D eigenvalue weighted by Crippen LogP contribution is -2.04. The summed E-state index contributed by atoms with van der Waals surface area (Å²) in [5.74, 6) is 4.96. The highest BCUT2D eigenvalue weighted by Crippen LogP contribution is 2.07. The zero-order valence-corrected chi connectivity index (χ0v) is 8.21.